The fourth-order valence-corrected chi connectivity index (χ4v) is 2.90. The number of oxazole rings is 1. The fourth-order valence-electron chi connectivity index (χ4n) is 2.19. The summed E-state index contributed by atoms with van der Waals surface area (Å²) in [6, 6.07) is 15.4. The molecule has 3 rings (SSSR count). The van der Waals surface area contributed by atoms with Gasteiger partial charge in [0.2, 0.25) is 5.91 Å². The minimum absolute atomic E-state index is 0.0896. The van der Waals surface area contributed by atoms with Gasteiger partial charge in [0.15, 0.2) is 11.7 Å². The van der Waals surface area contributed by atoms with Gasteiger partial charge in [0.05, 0.1) is 11.9 Å². The van der Waals surface area contributed by atoms with E-state index in [-0.39, 0.29) is 5.91 Å². The summed E-state index contributed by atoms with van der Waals surface area (Å²) < 4.78 is 7.44. The monoisotopic (exact) mass is 448 g/mol. The first-order valence-corrected chi connectivity index (χ1v) is 8.95. The third-order valence-electron chi connectivity index (χ3n) is 3.38. The van der Waals surface area contributed by atoms with Crippen LogP contribution in [0.2, 0.25) is 0 Å². The molecule has 4 nitrogen and oxygen atoms in total. The van der Waals surface area contributed by atoms with Crippen molar-refractivity contribution >= 4 is 43.5 Å². The van der Waals surface area contributed by atoms with E-state index in [0.717, 1.165) is 20.2 Å². The van der Waals surface area contributed by atoms with E-state index in [1.54, 1.807) is 6.20 Å². The molecule has 1 aromatic heterocycles. The Labute approximate surface area is 156 Å². The SMILES string of the molecule is O=C(CCc1ncc(-c2ccccc2)o1)Nc1cc(Br)ccc1Br. The van der Waals surface area contributed by atoms with Gasteiger partial charge in [-0.25, -0.2) is 4.98 Å². The van der Waals surface area contributed by atoms with E-state index in [1.807, 2.05) is 48.5 Å². The van der Waals surface area contributed by atoms with Crippen molar-refractivity contribution in [3.63, 3.8) is 0 Å². The van der Waals surface area contributed by atoms with Crippen LogP contribution < -0.4 is 5.32 Å². The largest absolute Gasteiger partial charge is 0.441 e. The van der Waals surface area contributed by atoms with Crippen LogP contribution in [0.1, 0.15) is 12.3 Å². The van der Waals surface area contributed by atoms with E-state index in [2.05, 4.69) is 42.2 Å². The number of hydrogen-bond donors (Lipinski definition) is 1. The van der Waals surface area contributed by atoms with Crippen molar-refractivity contribution in [1.82, 2.24) is 4.98 Å². The van der Waals surface area contributed by atoms with Gasteiger partial charge in [0, 0.05) is 27.4 Å². The molecule has 0 bridgehead atoms. The smallest absolute Gasteiger partial charge is 0.224 e. The Morgan fingerprint density at radius 2 is 1.92 bits per heavy atom. The summed E-state index contributed by atoms with van der Waals surface area (Å²) in [7, 11) is 0. The average Bonchev–Trinajstić information content (AvgIpc) is 3.06. The maximum atomic E-state index is 12.1. The highest BCUT2D eigenvalue weighted by Gasteiger charge is 2.10. The number of anilines is 1. The third-order valence-corrected chi connectivity index (χ3v) is 4.57. The van der Waals surface area contributed by atoms with Gasteiger partial charge in [-0.05, 0) is 34.1 Å². The summed E-state index contributed by atoms with van der Waals surface area (Å²) >= 11 is 6.81. The van der Waals surface area contributed by atoms with Crippen LogP contribution >= 0.6 is 31.9 Å². The van der Waals surface area contributed by atoms with Gasteiger partial charge in [-0.3, -0.25) is 4.79 Å². The van der Waals surface area contributed by atoms with E-state index in [4.69, 9.17) is 4.42 Å². The molecule has 0 aliphatic rings. The van der Waals surface area contributed by atoms with Crippen molar-refractivity contribution in [2.24, 2.45) is 0 Å². The van der Waals surface area contributed by atoms with Crippen molar-refractivity contribution < 1.29 is 9.21 Å². The second kappa shape index (κ2) is 7.77. The number of halogens is 2. The molecule has 0 aliphatic heterocycles. The lowest BCUT2D eigenvalue weighted by Crippen LogP contribution is -2.12. The van der Waals surface area contributed by atoms with Crippen molar-refractivity contribution in [2.75, 3.05) is 5.32 Å². The van der Waals surface area contributed by atoms with Crippen molar-refractivity contribution in [3.05, 3.63) is 69.6 Å². The maximum Gasteiger partial charge on any atom is 0.224 e. The Bertz CT molecular complexity index is 847. The maximum absolute atomic E-state index is 12.1. The van der Waals surface area contributed by atoms with Gasteiger partial charge in [0.25, 0.3) is 0 Å². The van der Waals surface area contributed by atoms with Crippen LogP contribution in [0.3, 0.4) is 0 Å². The molecule has 1 amide bonds. The molecule has 2 aromatic carbocycles. The van der Waals surface area contributed by atoms with Crippen molar-refractivity contribution in [1.29, 1.82) is 0 Å². The zero-order valence-corrected chi connectivity index (χ0v) is 15.8. The molecular weight excluding hydrogens is 436 g/mol. The quantitative estimate of drug-likeness (QED) is 0.564. The fraction of sp³-hybridized carbons (Fsp3) is 0.111. The topological polar surface area (TPSA) is 55.1 Å². The minimum atomic E-state index is -0.0896. The molecule has 0 spiro atoms. The number of aryl methyl sites for hydroxylation is 1. The molecule has 1 N–H and O–H groups in total. The van der Waals surface area contributed by atoms with Gasteiger partial charge >= 0.3 is 0 Å². The summed E-state index contributed by atoms with van der Waals surface area (Å²) in [5, 5.41) is 2.87. The molecule has 0 fully saturated rings. The van der Waals surface area contributed by atoms with Crippen LogP contribution in [0, 0.1) is 0 Å². The van der Waals surface area contributed by atoms with Crippen LogP contribution in [0.5, 0.6) is 0 Å². The van der Waals surface area contributed by atoms with E-state index >= 15 is 0 Å². The molecule has 0 radical (unpaired) electrons. The van der Waals surface area contributed by atoms with E-state index < -0.39 is 0 Å². The summed E-state index contributed by atoms with van der Waals surface area (Å²) in [5.41, 5.74) is 1.70. The average molecular weight is 450 g/mol. The number of carbonyl (C=O) groups excluding carboxylic acids is 1. The minimum Gasteiger partial charge on any atom is -0.441 e. The van der Waals surface area contributed by atoms with Crippen LogP contribution in [0.25, 0.3) is 11.3 Å². The summed E-state index contributed by atoms with van der Waals surface area (Å²) in [6.07, 6.45) is 2.44. The molecule has 0 aliphatic carbocycles. The zero-order valence-electron chi connectivity index (χ0n) is 12.6. The Hall–Kier alpha value is -1.92. The van der Waals surface area contributed by atoms with Crippen LogP contribution in [0.4, 0.5) is 5.69 Å². The zero-order chi connectivity index (χ0) is 16.9. The first-order chi connectivity index (χ1) is 11.6. The normalized spacial score (nSPS) is 10.6. The second-order valence-corrected chi connectivity index (χ2v) is 6.93. The number of nitrogens with zero attached hydrogens (tertiary/aromatic N) is 1. The lowest BCUT2D eigenvalue weighted by atomic mass is 10.2. The Balaban J connectivity index is 1.59. The molecular formula is C18H14Br2N2O2. The molecule has 0 saturated carbocycles. The summed E-state index contributed by atoms with van der Waals surface area (Å²) in [4.78, 5) is 16.3. The summed E-state index contributed by atoms with van der Waals surface area (Å²) in [5.74, 6) is 1.17. The number of amides is 1. The Kier molecular flexibility index (Phi) is 5.48. The highest BCUT2D eigenvalue weighted by molar-refractivity contribution is 9.11. The molecule has 0 saturated heterocycles. The molecule has 122 valence electrons. The van der Waals surface area contributed by atoms with E-state index in [0.29, 0.717) is 24.5 Å². The van der Waals surface area contributed by atoms with Crippen LogP contribution in [0.15, 0.2) is 68.1 Å². The third kappa shape index (κ3) is 4.33. The molecule has 3 aromatic rings. The molecule has 0 atom stereocenters. The van der Waals surface area contributed by atoms with Gasteiger partial charge in [-0.15, -0.1) is 0 Å². The molecule has 1 heterocycles. The molecule has 24 heavy (non-hydrogen) atoms. The molecule has 0 unspecified atom stereocenters. The van der Waals surface area contributed by atoms with E-state index in [9.17, 15) is 4.79 Å². The second-order valence-electron chi connectivity index (χ2n) is 5.16. The first-order valence-electron chi connectivity index (χ1n) is 7.37. The summed E-state index contributed by atoms with van der Waals surface area (Å²) in [6.45, 7) is 0. The van der Waals surface area contributed by atoms with Crippen LogP contribution in [-0.2, 0) is 11.2 Å². The highest BCUT2D eigenvalue weighted by Crippen LogP contribution is 2.26. The lowest BCUT2D eigenvalue weighted by Gasteiger charge is -2.07. The number of rotatable bonds is 5. The predicted molar refractivity (Wildman–Crippen MR) is 101 cm³/mol. The number of aromatic nitrogens is 1. The van der Waals surface area contributed by atoms with Crippen molar-refractivity contribution in [3.8, 4) is 11.3 Å². The van der Waals surface area contributed by atoms with Crippen LogP contribution in [-0.4, -0.2) is 10.9 Å². The standard InChI is InChI=1S/C18H14Br2N2O2/c19-13-6-7-14(20)15(10-13)22-17(23)8-9-18-21-11-16(24-18)12-4-2-1-3-5-12/h1-7,10-11H,8-9H2,(H,22,23). The molecule has 6 heteroatoms. The predicted octanol–water partition coefficient (Wildman–Crippen LogP) is 5.44. The van der Waals surface area contributed by atoms with Crippen molar-refractivity contribution in [2.45, 2.75) is 12.8 Å². The number of carbonyl (C=O) groups is 1. The number of nitrogens with one attached hydrogen (secondary N) is 1. The number of benzene rings is 2. The highest BCUT2D eigenvalue weighted by atomic mass is 79.9. The van der Waals surface area contributed by atoms with E-state index in [1.165, 1.54) is 0 Å². The first kappa shape index (κ1) is 16.9. The Morgan fingerprint density at radius 1 is 1.12 bits per heavy atom. The Morgan fingerprint density at radius 3 is 2.71 bits per heavy atom. The van der Waals surface area contributed by atoms with Gasteiger partial charge in [-0.1, -0.05) is 46.3 Å². The van der Waals surface area contributed by atoms with Gasteiger partial charge < -0.3 is 9.73 Å². The lowest BCUT2D eigenvalue weighted by molar-refractivity contribution is -0.116. The van der Waals surface area contributed by atoms with Gasteiger partial charge in [-0.2, -0.15) is 0 Å². The van der Waals surface area contributed by atoms with Gasteiger partial charge in [0.1, 0.15) is 0 Å². The number of hydrogen-bond acceptors (Lipinski definition) is 3.